The van der Waals surface area contributed by atoms with Crippen LogP contribution in [0.2, 0.25) is 0 Å². The van der Waals surface area contributed by atoms with Gasteiger partial charge in [-0.25, -0.2) is 0 Å². The number of amides is 3. The molecule has 4 rings (SSSR count). The molecule has 0 aromatic heterocycles. The summed E-state index contributed by atoms with van der Waals surface area (Å²) < 4.78 is 10.8. The van der Waals surface area contributed by atoms with Crippen LogP contribution in [0, 0.1) is 0 Å². The summed E-state index contributed by atoms with van der Waals surface area (Å²) in [6.45, 7) is 2.06. The summed E-state index contributed by atoms with van der Waals surface area (Å²) in [7, 11) is 1.64. The molecule has 1 fully saturated rings. The molecular formula is C25H28N2O5. The summed E-state index contributed by atoms with van der Waals surface area (Å²) in [6.07, 6.45) is 2.34. The molecule has 32 heavy (non-hydrogen) atoms. The van der Waals surface area contributed by atoms with Gasteiger partial charge in [0.2, 0.25) is 5.91 Å². The van der Waals surface area contributed by atoms with Gasteiger partial charge in [-0.1, -0.05) is 24.3 Å². The summed E-state index contributed by atoms with van der Waals surface area (Å²) in [4.78, 5) is 38.7. The van der Waals surface area contributed by atoms with Crippen molar-refractivity contribution in [3.8, 4) is 5.75 Å². The van der Waals surface area contributed by atoms with Crippen molar-refractivity contribution in [2.24, 2.45) is 0 Å². The second kappa shape index (κ2) is 9.53. The standard InChI is InChI=1S/C25H28N2O5/c1-31-19-10-8-18(9-11-19)25(12-15-32-16-13-25)17-26-22(28)7-4-14-27-23(29)20-5-2-3-6-21(20)24(27)30/h2-3,5-6,8-11H,4,7,12-17H2,1H3,(H,26,28). The number of methoxy groups -OCH3 is 1. The average molecular weight is 437 g/mol. The first kappa shape index (κ1) is 22.0. The number of nitrogens with zero attached hydrogens (tertiary/aromatic N) is 1. The molecule has 2 aromatic carbocycles. The van der Waals surface area contributed by atoms with E-state index in [2.05, 4.69) is 17.4 Å². The van der Waals surface area contributed by atoms with Gasteiger partial charge in [0.1, 0.15) is 5.75 Å². The molecule has 0 radical (unpaired) electrons. The second-order valence-electron chi connectivity index (χ2n) is 8.31. The van der Waals surface area contributed by atoms with E-state index in [-0.39, 0.29) is 36.1 Å². The Morgan fingerprint density at radius 3 is 2.25 bits per heavy atom. The van der Waals surface area contributed by atoms with Gasteiger partial charge in [-0.3, -0.25) is 19.3 Å². The zero-order valence-corrected chi connectivity index (χ0v) is 18.3. The van der Waals surface area contributed by atoms with Gasteiger partial charge >= 0.3 is 0 Å². The first-order chi connectivity index (χ1) is 15.5. The van der Waals surface area contributed by atoms with E-state index in [1.807, 2.05) is 12.1 Å². The van der Waals surface area contributed by atoms with E-state index >= 15 is 0 Å². The van der Waals surface area contributed by atoms with Crippen molar-refractivity contribution in [2.45, 2.75) is 31.1 Å². The van der Waals surface area contributed by atoms with Crippen LogP contribution in [0.3, 0.4) is 0 Å². The lowest BCUT2D eigenvalue weighted by molar-refractivity contribution is -0.121. The lowest BCUT2D eigenvalue weighted by atomic mass is 9.74. The average Bonchev–Trinajstić information content (AvgIpc) is 3.08. The summed E-state index contributed by atoms with van der Waals surface area (Å²) in [6, 6.07) is 14.8. The van der Waals surface area contributed by atoms with Gasteiger partial charge in [-0.05, 0) is 49.1 Å². The van der Waals surface area contributed by atoms with Crippen molar-refractivity contribution in [1.29, 1.82) is 0 Å². The van der Waals surface area contributed by atoms with Gasteiger partial charge in [0.15, 0.2) is 0 Å². The summed E-state index contributed by atoms with van der Waals surface area (Å²) in [5.74, 6) is 0.146. The SMILES string of the molecule is COc1ccc(C2(CNC(=O)CCCN3C(=O)c4ccccc4C3=O)CCOCC2)cc1. The maximum atomic E-state index is 12.6. The van der Waals surface area contributed by atoms with Crippen molar-refractivity contribution in [3.63, 3.8) is 0 Å². The molecule has 2 aliphatic heterocycles. The number of ether oxygens (including phenoxy) is 2. The molecule has 1 saturated heterocycles. The highest BCUT2D eigenvalue weighted by molar-refractivity contribution is 6.21. The largest absolute Gasteiger partial charge is 0.497 e. The van der Waals surface area contributed by atoms with Crippen LogP contribution in [0.25, 0.3) is 0 Å². The van der Waals surface area contributed by atoms with Crippen LogP contribution < -0.4 is 10.1 Å². The van der Waals surface area contributed by atoms with Crippen molar-refractivity contribution in [2.75, 3.05) is 33.4 Å². The maximum Gasteiger partial charge on any atom is 0.261 e. The lowest BCUT2D eigenvalue weighted by Gasteiger charge is -2.38. The van der Waals surface area contributed by atoms with Crippen molar-refractivity contribution in [1.82, 2.24) is 10.2 Å². The number of nitrogens with one attached hydrogen (secondary N) is 1. The van der Waals surface area contributed by atoms with Gasteiger partial charge in [-0.15, -0.1) is 0 Å². The molecule has 0 aliphatic carbocycles. The van der Waals surface area contributed by atoms with Crippen LogP contribution in [-0.2, 0) is 14.9 Å². The van der Waals surface area contributed by atoms with Crippen LogP contribution >= 0.6 is 0 Å². The van der Waals surface area contributed by atoms with E-state index in [9.17, 15) is 14.4 Å². The van der Waals surface area contributed by atoms with Crippen molar-refractivity contribution >= 4 is 17.7 Å². The Balaban J connectivity index is 1.31. The molecule has 2 aromatic rings. The normalized spacial score (nSPS) is 17.2. The van der Waals surface area contributed by atoms with Gasteiger partial charge in [0.25, 0.3) is 11.8 Å². The fraction of sp³-hybridized carbons (Fsp3) is 0.400. The van der Waals surface area contributed by atoms with Crippen LogP contribution in [0.5, 0.6) is 5.75 Å². The second-order valence-corrected chi connectivity index (χ2v) is 8.31. The summed E-state index contributed by atoms with van der Waals surface area (Å²) >= 11 is 0. The van der Waals surface area contributed by atoms with Gasteiger partial charge in [-0.2, -0.15) is 0 Å². The number of imide groups is 1. The first-order valence-electron chi connectivity index (χ1n) is 11.0. The lowest BCUT2D eigenvalue weighted by Crippen LogP contribution is -2.44. The highest BCUT2D eigenvalue weighted by Crippen LogP contribution is 2.35. The fourth-order valence-corrected chi connectivity index (χ4v) is 4.47. The molecule has 0 spiro atoms. The highest BCUT2D eigenvalue weighted by Gasteiger charge is 2.36. The monoisotopic (exact) mass is 436 g/mol. The highest BCUT2D eigenvalue weighted by atomic mass is 16.5. The minimum absolute atomic E-state index is 0.0824. The quantitative estimate of drug-likeness (QED) is 0.643. The molecule has 7 heteroatoms. The smallest absolute Gasteiger partial charge is 0.261 e. The number of carbonyl (C=O) groups is 3. The molecule has 0 saturated carbocycles. The van der Waals surface area contributed by atoms with Gasteiger partial charge < -0.3 is 14.8 Å². The Morgan fingerprint density at radius 2 is 1.66 bits per heavy atom. The van der Waals surface area contributed by atoms with E-state index < -0.39 is 0 Å². The number of carbonyl (C=O) groups excluding carboxylic acids is 3. The van der Waals surface area contributed by atoms with Crippen LogP contribution in [0.1, 0.15) is 52.0 Å². The van der Waals surface area contributed by atoms with Crippen LogP contribution in [0.4, 0.5) is 0 Å². The Kier molecular flexibility index (Phi) is 6.55. The Labute approximate surface area is 187 Å². The molecule has 1 N–H and O–H groups in total. The molecule has 7 nitrogen and oxygen atoms in total. The van der Waals surface area contributed by atoms with Gasteiger partial charge in [0, 0.05) is 38.1 Å². The number of fused-ring (bicyclic) bond motifs is 1. The topological polar surface area (TPSA) is 84.9 Å². The predicted octanol–water partition coefficient (Wildman–Crippen LogP) is 2.94. The minimum atomic E-state index is -0.285. The number of hydrogen-bond donors (Lipinski definition) is 1. The summed E-state index contributed by atoms with van der Waals surface area (Å²) in [5, 5.41) is 3.07. The molecule has 2 heterocycles. The van der Waals surface area contributed by atoms with E-state index in [1.165, 1.54) is 4.90 Å². The summed E-state index contributed by atoms with van der Waals surface area (Å²) in [5.41, 5.74) is 1.85. The Morgan fingerprint density at radius 1 is 1.03 bits per heavy atom. The number of hydrogen-bond acceptors (Lipinski definition) is 5. The maximum absolute atomic E-state index is 12.6. The fourth-order valence-electron chi connectivity index (χ4n) is 4.47. The Hall–Kier alpha value is -3.19. The third kappa shape index (κ3) is 4.39. The van der Waals surface area contributed by atoms with Crippen molar-refractivity contribution in [3.05, 3.63) is 65.2 Å². The molecule has 3 amide bonds. The third-order valence-electron chi connectivity index (χ3n) is 6.44. The number of benzene rings is 2. The third-order valence-corrected chi connectivity index (χ3v) is 6.44. The first-order valence-corrected chi connectivity index (χ1v) is 11.0. The molecule has 0 atom stereocenters. The molecule has 2 aliphatic rings. The number of rotatable bonds is 8. The zero-order valence-electron chi connectivity index (χ0n) is 18.3. The predicted molar refractivity (Wildman–Crippen MR) is 119 cm³/mol. The van der Waals surface area contributed by atoms with E-state index in [0.29, 0.717) is 37.3 Å². The van der Waals surface area contributed by atoms with E-state index in [4.69, 9.17) is 9.47 Å². The van der Waals surface area contributed by atoms with Crippen LogP contribution in [-0.4, -0.2) is 56.0 Å². The zero-order chi connectivity index (χ0) is 22.6. The van der Waals surface area contributed by atoms with Crippen molar-refractivity contribution < 1.29 is 23.9 Å². The minimum Gasteiger partial charge on any atom is -0.497 e. The molecular weight excluding hydrogens is 408 g/mol. The van der Waals surface area contributed by atoms with Gasteiger partial charge in [0.05, 0.1) is 18.2 Å². The molecule has 0 bridgehead atoms. The molecule has 168 valence electrons. The molecule has 0 unspecified atom stereocenters. The van der Waals surface area contributed by atoms with E-state index in [1.54, 1.807) is 31.4 Å². The Bertz CT molecular complexity index is 961. The van der Waals surface area contributed by atoms with Crippen LogP contribution in [0.15, 0.2) is 48.5 Å². The van der Waals surface area contributed by atoms with E-state index in [0.717, 1.165) is 24.2 Å².